The molecule has 1 aliphatic rings. The van der Waals surface area contributed by atoms with Crippen LogP contribution >= 0.6 is 0 Å². The second-order valence-electron chi connectivity index (χ2n) is 7.63. The predicted molar refractivity (Wildman–Crippen MR) is 123 cm³/mol. The van der Waals surface area contributed by atoms with Gasteiger partial charge >= 0.3 is 5.69 Å². The van der Waals surface area contributed by atoms with Crippen molar-refractivity contribution in [2.24, 2.45) is 7.05 Å². The molecule has 0 bridgehead atoms. The number of aromatic hydroxyl groups is 1. The molecule has 1 heterocycles. The van der Waals surface area contributed by atoms with E-state index in [4.69, 9.17) is 0 Å². The zero-order chi connectivity index (χ0) is 21.9. The average molecular weight is 408 g/mol. The normalized spacial score (nSPS) is 12.7. The smallest absolute Gasteiger partial charge is 0.345 e. The molecule has 0 spiro atoms. The number of nitrogens with zero attached hydrogens (tertiary/aromatic N) is 3. The van der Waals surface area contributed by atoms with E-state index in [9.17, 15) is 9.90 Å². The Labute approximate surface area is 179 Å². The van der Waals surface area contributed by atoms with Gasteiger partial charge in [0.2, 0.25) is 0 Å². The van der Waals surface area contributed by atoms with Crippen LogP contribution < -0.4 is 5.69 Å². The van der Waals surface area contributed by atoms with Gasteiger partial charge in [-0.05, 0) is 80.5 Å². The zero-order valence-corrected chi connectivity index (χ0v) is 18.6. The van der Waals surface area contributed by atoms with Crippen molar-refractivity contribution in [2.45, 2.75) is 59.4 Å². The lowest BCUT2D eigenvalue weighted by Crippen LogP contribution is -2.23. The minimum atomic E-state index is -0.0279. The maximum atomic E-state index is 11.9. The quantitative estimate of drug-likeness (QED) is 0.526. The summed E-state index contributed by atoms with van der Waals surface area (Å²) in [6, 6.07) is 7.37. The van der Waals surface area contributed by atoms with Crippen LogP contribution in [-0.4, -0.2) is 19.5 Å². The van der Waals surface area contributed by atoms with Crippen molar-refractivity contribution >= 4 is 0 Å². The van der Waals surface area contributed by atoms with Crippen LogP contribution in [0, 0.1) is 0 Å². The molecule has 0 fully saturated rings. The highest BCUT2D eigenvalue weighted by Gasteiger charge is 2.09. The van der Waals surface area contributed by atoms with Crippen LogP contribution in [0.25, 0.3) is 0 Å². The number of phenolic OH excluding ortho intramolecular Hbond substituents is 1. The fraction of sp³-hybridized carbons (Fsp3) is 0.400. The number of benzene rings is 1. The molecular weight excluding hydrogens is 374 g/mol. The predicted octanol–water partition coefficient (Wildman–Crippen LogP) is 4.87. The molecule has 0 unspecified atom stereocenters. The van der Waals surface area contributed by atoms with Gasteiger partial charge < -0.3 is 5.11 Å². The molecule has 0 saturated heterocycles. The summed E-state index contributed by atoms with van der Waals surface area (Å²) >= 11 is 0. The van der Waals surface area contributed by atoms with Crippen molar-refractivity contribution in [3.05, 3.63) is 87.3 Å². The molecule has 0 amide bonds. The topological polar surface area (TPSA) is 60.0 Å². The van der Waals surface area contributed by atoms with Gasteiger partial charge in [0.25, 0.3) is 0 Å². The molecule has 5 nitrogen and oxygen atoms in total. The highest BCUT2D eigenvalue weighted by molar-refractivity contribution is 5.31. The number of aryl methyl sites for hydroxylation is 3. The molecule has 0 saturated carbocycles. The first kappa shape index (κ1) is 23.2. The van der Waals surface area contributed by atoms with Crippen molar-refractivity contribution in [3.8, 4) is 5.75 Å². The third-order valence-electron chi connectivity index (χ3n) is 4.79. The van der Waals surface area contributed by atoms with Crippen molar-refractivity contribution in [3.63, 3.8) is 0 Å². The second-order valence-corrected chi connectivity index (χ2v) is 7.63. The molecule has 160 valence electrons. The van der Waals surface area contributed by atoms with Crippen molar-refractivity contribution < 1.29 is 5.11 Å². The third kappa shape index (κ3) is 7.41. The fourth-order valence-electron chi connectivity index (χ4n) is 3.18. The van der Waals surface area contributed by atoms with E-state index in [0.29, 0.717) is 5.75 Å². The minimum Gasteiger partial charge on any atom is -0.508 e. The van der Waals surface area contributed by atoms with Gasteiger partial charge in [-0.2, -0.15) is 5.10 Å². The molecule has 30 heavy (non-hydrogen) atoms. The van der Waals surface area contributed by atoms with Crippen LogP contribution in [0.1, 0.15) is 51.4 Å². The summed E-state index contributed by atoms with van der Waals surface area (Å²) in [5.41, 5.74) is 6.68. The second kappa shape index (κ2) is 11.8. The van der Waals surface area contributed by atoms with Gasteiger partial charge in [0.1, 0.15) is 11.6 Å². The summed E-state index contributed by atoms with van der Waals surface area (Å²) in [6.45, 7) is 6.92. The number of unbranched alkanes of at least 4 members (excludes halogenated alkanes) is 1. The van der Waals surface area contributed by atoms with Crippen molar-refractivity contribution in [2.75, 3.05) is 0 Å². The summed E-state index contributed by atoms with van der Waals surface area (Å²) in [6.07, 6.45) is 12.8. The lowest BCUT2D eigenvalue weighted by atomic mass is 10.1. The Morgan fingerprint density at radius 1 is 1.07 bits per heavy atom. The van der Waals surface area contributed by atoms with Crippen molar-refractivity contribution in [1.29, 1.82) is 0 Å². The van der Waals surface area contributed by atoms with Crippen LogP contribution in [0.4, 0.5) is 0 Å². The molecule has 1 N–H and O–H groups in total. The minimum absolute atomic E-state index is 0.0279. The van der Waals surface area contributed by atoms with Crippen molar-refractivity contribution in [1.82, 2.24) is 14.3 Å². The molecular formula is C25H33N3O2. The Morgan fingerprint density at radius 3 is 2.37 bits per heavy atom. The number of rotatable bonds is 7. The summed E-state index contributed by atoms with van der Waals surface area (Å²) in [5, 5.41) is 13.7. The SMILES string of the molecule is CC1=CC=C(C)C=C=C1.CCCn1c(CCCCc2cccc(O)c2)nn(C)c1=O. The first-order valence-corrected chi connectivity index (χ1v) is 10.6. The van der Waals surface area contributed by atoms with E-state index in [1.807, 2.05) is 24.3 Å². The first-order chi connectivity index (χ1) is 14.4. The summed E-state index contributed by atoms with van der Waals surface area (Å²) < 4.78 is 3.19. The van der Waals surface area contributed by atoms with Crippen LogP contribution in [0.2, 0.25) is 0 Å². The van der Waals surface area contributed by atoms with Gasteiger partial charge in [0, 0.05) is 20.0 Å². The Balaban J connectivity index is 0.000000297. The molecule has 2 aromatic rings. The summed E-state index contributed by atoms with van der Waals surface area (Å²) in [7, 11) is 1.70. The fourth-order valence-corrected chi connectivity index (χ4v) is 3.18. The maximum absolute atomic E-state index is 11.9. The number of aromatic nitrogens is 3. The van der Waals surface area contributed by atoms with E-state index in [2.05, 4.69) is 43.8 Å². The number of phenols is 1. The molecule has 5 heteroatoms. The molecule has 1 aliphatic carbocycles. The Kier molecular flexibility index (Phi) is 9.17. The third-order valence-corrected chi connectivity index (χ3v) is 4.79. The van der Waals surface area contributed by atoms with E-state index in [0.717, 1.165) is 50.0 Å². The average Bonchev–Trinajstić information content (AvgIpc) is 2.85. The van der Waals surface area contributed by atoms with Crippen LogP contribution in [-0.2, 0) is 26.4 Å². The zero-order valence-electron chi connectivity index (χ0n) is 18.6. The molecule has 1 aromatic carbocycles. The highest BCUT2D eigenvalue weighted by atomic mass is 16.3. The van der Waals surface area contributed by atoms with Gasteiger partial charge in [-0.1, -0.05) is 31.2 Å². The van der Waals surface area contributed by atoms with Crippen LogP contribution in [0.3, 0.4) is 0 Å². The van der Waals surface area contributed by atoms with E-state index in [1.54, 1.807) is 23.7 Å². The van der Waals surface area contributed by atoms with Gasteiger partial charge in [0.15, 0.2) is 0 Å². The number of hydrogen-bond acceptors (Lipinski definition) is 3. The highest BCUT2D eigenvalue weighted by Crippen LogP contribution is 2.14. The summed E-state index contributed by atoms with van der Waals surface area (Å²) in [4.78, 5) is 11.9. The molecule has 0 atom stereocenters. The number of allylic oxidation sites excluding steroid dienone is 5. The Morgan fingerprint density at radius 2 is 1.73 bits per heavy atom. The van der Waals surface area contributed by atoms with E-state index >= 15 is 0 Å². The molecule has 1 aromatic heterocycles. The Bertz CT molecular complexity index is 993. The Hall–Kier alpha value is -3.04. The maximum Gasteiger partial charge on any atom is 0.345 e. The van der Waals surface area contributed by atoms with Gasteiger partial charge in [-0.25, -0.2) is 9.48 Å². The standard InChI is InChI=1S/C16H23N3O2.C9H10/c1-3-11-19-15(17-18(2)16(19)21)10-5-4-7-13-8-6-9-14(20)12-13;1-8-4-3-5-9(2)7-6-8/h6,8-9,12,20H,3-5,7,10-11H2,1-2H3;4-7H,1-2H3. The lowest BCUT2D eigenvalue weighted by Gasteiger charge is -2.04. The van der Waals surface area contributed by atoms with Gasteiger partial charge in [0.05, 0.1) is 0 Å². The first-order valence-electron chi connectivity index (χ1n) is 10.6. The number of hydrogen-bond donors (Lipinski definition) is 1. The van der Waals surface area contributed by atoms with Crippen LogP contribution in [0.15, 0.2) is 70.2 Å². The molecule has 0 aliphatic heterocycles. The van der Waals surface area contributed by atoms with Gasteiger partial charge in [-0.3, -0.25) is 4.57 Å². The van der Waals surface area contributed by atoms with Gasteiger partial charge in [-0.15, -0.1) is 5.73 Å². The monoisotopic (exact) mass is 407 g/mol. The lowest BCUT2D eigenvalue weighted by molar-refractivity contribution is 0.474. The summed E-state index contributed by atoms with van der Waals surface area (Å²) in [5.74, 6) is 1.19. The molecule has 3 rings (SSSR count). The van der Waals surface area contributed by atoms with E-state index < -0.39 is 0 Å². The van der Waals surface area contributed by atoms with E-state index in [-0.39, 0.29) is 5.69 Å². The van der Waals surface area contributed by atoms with Crippen LogP contribution in [0.5, 0.6) is 5.75 Å². The molecule has 0 radical (unpaired) electrons. The largest absolute Gasteiger partial charge is 0.508 e. The van der Waals surface area contributed by atoms with E-state index in [1.165, 1.54) is 15.8 Å².